The second kappa shape index (κ2) is 8.58. The van der Waals surface area contributed by atoms with E-state index in [4.69, 9.17) is 0 Å². The molecule has 0 aliphatic heterocycles. The van der Waals surface area contributed by atoms with E-state index in [-0.39, 0.29) is 5.75 Å². The Kier molecular flexibility index (Phi) is 7.46. The van der Waals surface area contributed by atoms with Crippen molar-refractivity contribution in [3.63, 3.8) is 0 Å². The molecule has 1 N–H and O–H groups in total. The molecule has 0 aromatic carbocycles. The molecule has 0 radical (unpaired) electrons. The van der Waals surface area contributed by atoms with Gasteiger partial charge in [0.2, 0.25) is 5.16 Å². The number of hydrogen-bond donors (Lipinski definition) is 1. The van der Waals surface area contributed by atoms with E-state index in [9.17, 15) is 8.42 Å². The molecule has 1 heterocycles. The Morgan fingerprint density at radius 3 is 2.80 bits per heavy atom. The maximum absolute atomic E-state index is 11.0. The molecule has 0 bridgehead atoms. The highest BCUT2D eigenvalue weighted by atomic mass is 32.2. The number of thioether (sulfide) groups is 1. The van der Waals surface area contributed by atoms with Crippen LogP contribution in [0.1, 0.15) is 20.3 Å². The van der Waals surface area contributed by atoms with Crippen molar-refractivity contribution in [2.24, 2.45) is 5.92 Å². The number of aromatic nitrogens is 4. The first-order chi connectivity index (χ1) is 9.38. The molecule has 0 atom stereocenters. The summed E-state index contributed by atoms with van der Waals surface area (Å²) in [7, 11) is -2.88. The zero-order valence-corrected chi connectivity index (χ0v) is 13.9. The van der Waals surface area contributed by atoms with Gasteiger partial charge in [-0.3, -0.25) is 0 Å². The third-order valence-electron chi connectivity index (χ3n) is 2.44. The Morgan fingerprint density at radius 1 is 1.40 bits per heavy atom. The summed E-state index contributed by atoms with van der Waals surface area (Å²) in [4.78, 5) is 0. The van der Waals surface area contributed by atoms with Crippen molar-refractivity contribution in [1.82, 2.24) is 25.5 Å². The lowest BCUT2D eigenvalue weighted by atomic mass is 10.2. The largest absolute Gasteiger partial charge is 0.315 e. The zero-order valence-electron chi connectivity index (χ0n) is 12.2. The third-order valence-corrected chi connectivity index (χ3v) is 4.52. The van der Waals surface area contributed by atoms with E-state index in [2.05, 4.69) is 34.7 Å². The number of tetrazole rings is 1. The highest BCUT2D eigenvalue weighted by molar-refractivity contribution is 7.99. The van der Waals surface area contributed by atoms with E-state index in [1.165, 1.54) is 18.0 Å². The molecule has 1 aromatic heterocycles. The van der Waals surface area contributed by atoms with Crippen LogP contribution in [0.5, 0.6) is 0 Å². The van der Waals surface area contributed by atoms with Crippen LogP contribution in [-0.4, -0.2) is 59.5 Å². The highest BCUT2D eigenvalue weighted by Gasteiger charge is 2.08. The zero-order chi connectivity index (χ0) is 15.0. The van der Waals surface area contributed by atoms with Gasteiger partial charge in [-0.1, -0.05) is 25.6 Å². The first-order valence-electron chi connectivity index (χ1n) is 6.66. The van der Waals surface area contributed by atoms with E-state index >= 15 is 0 Å². The van der Waals surface area contributed by atoms with Crippen molar-refractivity contribution >= 4 is 21.6 Å². The van der Waals surface area contributed by atoms with E-state index in [1.807, 2.05) is 0 Å². The monoisotopic (exact) mass is 321 g/mol. The van der Waals surface area contributed by atoms with Crippen LogP contribution in [0.25, 0.3) is 0 Å². The molecular weight excluding hydrogens is 298 g/mol. The van der Waals surface area contributed by atoms with Crippen LogP contribution >= 0.6 is 11.8 Å². The molecule has 0 saturated heterocycles. The van der Waals surface area contributed by atoms with Crippen LogP contribution in [-0.2, 0) is 16.4 Å². The van der Waals surface area contributed by atoms with Crippen molar-refractivity contribution in [2.75, 3.05) is 30.9 Å². The van der Waals surface area contributed by atoms with Gasteiger partial charge in [0, 0.05) is 18.6 Å². The average Bonchev–Trinajstić information content (AvgIpc) is 2.76. The van der Waals surface area contributed by atoms with Crippen molar-refractivity contribution in [3.05, 3.63) is 0 Å². The van der Waals surface area contributed by atoms with Crippen molar-refractivity contribution in [3.8, 4) is 0 Å². The number of nitrogens with one attached hydrogen (secondary N) is 1. The molecule has 1 rings (SSSR count). The molecule has 0 fully saturated rings. The van der Waals surface area contributed by atoms with Gasteiger partial charge in [-0.05, 0) is 29.3 Å². The minimum absolute atomic E-state index is 0.206. The first kappa shape index (κ1) is 17.4. The molecule has 20 heavy (non-hydrogen) atoms. The maximum atomic E-state index is 11.0. The predicted molar refractivity (Wildman–Crippen MR) is 80.6 cm³/mol. The van der Waals surface area contributed by atoms with Crippen LogP contribution in [0.4, 0.5) is 0 Å². The van der Waals surface area contributed by atoms with Gasteiger partial charge in [0.25, 0.3) is 0 Å². The fourth-order valence-electron chi connectivity index (χ4n) is 1.50. The van der Waals surface area contributed by atoms with Gasteiger partial charge in [0.15, 0.2) is 0 Å². The highest BCUT2D eigenvalue weighted by Crippen LogP contribution is 2.14. The summed E-state index contributed by atoms with van der Waals surface area (Å²) in [6, 6.07) is 0. The minimum atomic E-state index is -2.88. The van der Waals surface area contributed by atoms with Gasteiger partial charge < -0.3 is 5.32 Å². The lowest BCUT2D eigenvalue weighted by Crippen LogP contribution is -2.24. The lowest BCUT2D eigenvalue weighted by molar-refractivity contribution is 0.482. The van der Waals surface area contributed by atoms with Crippen LogP contribution in [0.2, 0.25) is 0 Å². The number of rotatable bonds is 10. The summed E-state index contributed by atoms with van der Waals surface area (Å²) in [5.41, 5.74) is 0. The lowest BCUT2D eigenvalue weighted by Gasteiger charge is -2.08. The molecule has 0 spiro atoms. The molecule has 9 heteroatoms. The van der Waals surface area contributed by atoms with Gasteiger partial charge >= 0.3 is 0 Å². The molecular formula is C11H23N5O2S2. The van der Waals surface area contributed by atoms with Crippen molar-refractivity contribution in [2.45, 2.75) is 32.0 Å². The molecule has 116 valence electrons. The van der Waals surface area contributed by atoms with Crippen LogP contribution in [0.3, 0.4) is 0 Å². The van der Waals surface area contributed by atoms with Gasteiger partial charge in [0.05, 0.1) is 12.3 Å². The molecule has 7 nitrogen and oxygen atoms in total. The quantitative estimate of drug-likeness (QED) is 0.494. The molecule has 0 amide bonds. The third kappa shape index (κ3) is 7.81. The Morgan fingerprint density at radius 2 is 2.15 bits per heavy atom. The second-order valence-corrected chi connectivity index (χ2v) is 8.44. The summed E-state index contributed by atoms with van der Waals surface area (Å²) in [6.07, 6.45) is 1.87. The summed E-state index contributed by atoms with van der Waals surface area (Å²) >= 11 is 1.49. The number of nitrogens with zero attached hydrogens (tertiary/aromatic N) is 4. The average molecular weight is 321 g/mol. The van der Waals surface area contributed by atoms with Gasteiger partial charge in [-0.15, -0.1) is 5.10 Å². The van der Waals surface area contributed by atoms with Crippen molar-refractivity contribution < 1.29 is 8.42 Å². The fourth-order valence-corrected chi connectivity index (χ4v) is 3.19. The van der Waals surface area contributed by atoms with Gasteiger partial charge in [-0.2, -0.15) is 0 Å². The standard InChI is InChI=1S/C11H23N5O2S2/c1-10(2)9-12-5-6-16-11(13-14-15-16)19-7-4-8-20(3,17)18/h10,12H,4-9H2,1-3H3. The van der Waals surface area contributed by atoms with E-state index in [1.54, 1.807) is 4.68 Å². The summed E-state index contributed by atoms with van der Waals surface area (Å²) in [5.74, 6) is 1.53. The second-order valence-electron chi connectivity index (χ2n) is 5.11. The first-order valence-corrected chi connectivity index (χ1v) is 9.70. The number of hydrogen-bond acceptors (Lipinski definition) is 7. The topological polar surface area (TPSA) is 89.8 Å². The SMILES string of the molecule is CC(C)CNCCn1nnnc1SCCCS(C)(=O)=O. The Bertz CT molecular complexity index is 487. The van der Waals surface area contributed by atoms with Crippen molar-refractivity contribution in [1.29, 1.82) is 0 Å². The molecule has 0 aliphatic rings. The van der Waals surface area contributed by atoms with Crippen LogP contribution < -0.4 is 5.32 Å². The summed E-state index contributed by atoms with van der Waals surface area (Å²) in [6.45, 7) is 6.83. The molecule has 0 saturated carbocycles. The molecule has 0 aliphatic carbocycles. The van der Waals surface area contributed by atoms with E-state index in [0.29, 0.717) is 24.6 Å². The normalized spacial score (nSPS) is 12.2. The summed E-state index contributed by atoms with van der Waals surface area (Å²) < 4.78 is 23.8. The fraction of sp³-hybridized carbons (Fsp3) is 0.909. The van der Waals surface area contributed by atoms with E-state index in [0.717, 1.165) is 18.2 Å². The number of sulfone groups is 1. The van der Waals surface area contributed by atoms with Gasteiger partial charge in [-0.25, -0.2) is 13.1 Å². The Labute approximate surface area is 124 Å². The predicted octanol–water partition coefficient (Wildman–Crippen LogP) is 0.446. The Hall–Kier alpha value is -0.670. The van der Waals surface area contributed by atoms with Crippen LogP contribution in [0, 0.1) is 5.92 Å². The summed E-state index contributed by atoms with van der Waals surface area (Å²) in [5, 5.41) is 15.6. The smallest absolute Gasteiger partial charge is 0.209 e. The maximum Gasteiger partial charge on any atom is 0.209 e. The molecule has 0 unspecified atom stereocenters. The van der Waals surface area contributed by atoms with E-state index < -0.39 is 9.84 Å². The minimum Gasteiger partial charge on any atom is -0.315 e. The van der Waals surface area contributed by atoms with Crippen LogP contribution in [0.15, 0.2) is 5.16 Å². The van der Waals surface area contributed by atoms with Gasteiger partial charge in [0.1, 0.15) is 9.84 Å². The Balaban J connectivity index is 2.28. The molecule has 1 aromatic rings.